The van der Waals surface area contributed by atoms with Crippen LogP contribution in [0.5, 0.6) is 0 Å². The van der Waals surface area contributed by atoms with Gasteiger partial charge in [-0.3, -0.25) is 4.79 Å². The number of para-hydroxylation sites is 2. The third-order valence-electron chi connectivity index (χ3n) is 4.34. The van der Waals surface area contributed by atoms with E-state index < -0.39 is 7.81 Å². The number of rotatable bonds is 3. The quantitative estimate of drug-likeness (QED) is 0.231. The molecule has 0 saturated carbocycles. The van der Waals surface area contributed by atoms with Crippen molar-refractivity contribution in [1.29, 1.82) is 0 Å². The Balaban J connectivity index is 0.000000373. The number of hydrogen-bond donors (Lipinski definition) is 0. The Kier molecular flexibility index (Phi) is 5.19. The summed E-state index contributed by atoms with van der Waals surface area (Å²) in [6.45, 7) is 0.359. The second kappa shape index (κ2) is 7.13. The molecule has 2 nitrogen and oxygen atoms in total. The smallest absolute Gasteiger partial charge is 0.333 e. The van der Waals surface area contributed by atoms with Crippen LogP contribution in [0.25, 0.3) is 0 Å². The SMILES string of the molecule is F[P-](F)(F)(F)(F)F.O=C(CN1c2ccccc2Cc2ccccc21)c1ccccc1.[H+]. The zero-order valence-corrected chi connectivity index (χ0v) is 16.4. The van der Waals surface area contributed by atoms with Crippen LogP contribution in [0, 0.1) is 0 Å². The summed E-state index contributed by atoms with van der Waals surface area (Å²) < 4.78 is 59.2. The zero-order chi connectivity index (χ0) is 22.1. The number of carbonyl (C=O) groups excluding carboxylic acids is 1. The van der Waals surface area contributed by atoms with Gasteiger partial charge < -0.3 is 4.90 Å². The summed E-state index contributed by atoms with van der Waals surface area (Å²) in [4.78, 5) is 14.8. The first kappa shape index (κ1) is 21.8. The molecule has 0 radical (unpaired) electrons. The van der Waals surface area contributed by atoms with E-state index in [9.17, 15) is 30.0 Å². The van der Waals surface area contributed by atoms with Gasteiger partial charge in [0.05, 0.1) is 6.54 Å². The van der Waals surface area contributed by atoms with Crippen LogP contribution in [-0.4, -0.2) is 12.3 Å². The maximum Gasteiger partial charge on any atom is 1.00 e. The minimum Gasteiger partial charge on any atom is -0.333 e. The number of halogens is 6. The number of ketones is 1. The second-order valence-electron chi connectivity index (χ2n) is 6.77. The first-order valence-electron chi connectivity index (χ1n) is 8.86. The molecule has 4 rings (SSSR count). The van der Waals surface area contributed by atoms with Crippen LogP contribution in [0.4, 0.5) is 36.6 Å². The summed E-state index contributed by atoms with van der Waals surface area (Å²) in [5.41, 5.74) is 5.57. The molecular formula is C21H18F6NOP. The fourth-order valence-corrected chi connectivity index (χ4v) is 3.21. The Labute approximate surface area is 170 Å². The van der Waals surface area contributed by atoms with Gasteiger partial charge in [0.2, 0.25) is 0 Å². The molecule has 0 N–H and O–H groups in total. The summed E-state index contributed by atoms with van der Waals surface area (Å²) in [5, 5.41) is 0. The van der Waals surface area contributed by atoms with Crippen molar-refractivity contribution >= 4 is 25.0 Å². The van der Waals surface area contributed by atoms with E-state index in [1.807, 2.05) is 42.5 Å². The Morgan fingerprint density at radius 2 is 1.13 bits per heavy atom. The molecule has 0 aliphatic carbocycles. The number of anilines is 2. The molecule has 30 heavy (non-hydrogen) atoms. The molecule has 0 atom stereocenters. The Hall–Kier alpha value is -2.86. The molecule has 9 heteroatoms. The van der Waals surface area contributed by atoms with Crippen molar-refractivity contribution in [2.75, 3.05) is 11.4 Å². The van der Waals surface area contributed by atoms with E-state index >= 15 is 0 Å². The first-order valence-corrected chi connectivity index (χ1v) is 10.9. The largest absolute Gasteiger partial charge is 1.00 e. The van der Waals surface area contributed by atoms with Crippen LogP contribution in [0.3, 0.4) is 0 Å². The summed E-state index contributed by atoms with van der Waals surface area (Å²) in [6, 6.07) is 26.2. The van der Waals surface area contributed by atoms with Gasteiger partial charge in [-0.15, -0.1) is 0 Å². The van der Waals surface area contributed by atoms with E-state index in [4.69, 9.17) is 0 Å². The van der Waals surface area contributed by atoms with Crippen LogP contribution < -0.4 is 4.90 Å². The molecule has 1 aliphatic heterocycles. The Morgan fingerprint density at radius 3 is 1.60 bits per heavy atom. The van der Waals surface area contributed by atoms with E-state index in [0.717, 1.165) is 23.4 Å². The fraction of sp³-hybridized carbons (Fsp3) is 0.0952. The molecule has 3 aromatic carbocycles. The van der Waals surface area contributed by atoms with Gasteiger partial charge in [0, 0.05) is 23.4 Å². The van der Waals surface area contributed by atoms with Crippen molar-refractivity contribution in [2.24, 2.45) is 0 Å². The standard InChI is InChI=1S/C21H17NO.F6P/c23-21(16-8-2-1-3-9-16)15-22-19-12-6-4-10-17(19)14-18-11-5-7-13-20(18)22;1-7(2,3,4,5)6/h1-13H,14-15H2;/q;-1/p+1. The van der Waals surface area contributed by atoms with E-state index in [2.05, 4.69) is 41.3 Å². The van der Waals surface area contributed by atoms with E-state index in [0.29, 0.717) is 6.54 Å². The summed E-state index contributed by atoms with van der Waals surface area (Å²) in [7, 11) is -10.7. The van der Waals surface area contributed by atoms with Crippen molar-refractivity contribution in [3.8, 4) is 0 Å². The molecule has 0 spiro atoms. The van der Waals surface area contributed by atoms with Crippen molar-refractivity contribution in [3.05, 3.63) is 95.6 Å². The minimum absolute atomic E-state index is 0. The minimum atomic E-state index is -10.7. The van der Waals surface area contributed by atoms with Crippen LogP contribution in [0.1, 0.15) is 22.9 Å². The maximum absolute atomic E-state index is 12.7. The number of Topliss-reactive ketones (excluding diaryl/α,β-unsaturated/α-hetero) is 1. The molecule has 0 bridgehead atoms. The first-order chi connectivity index (χ1) is 13.8. The molecule has 0 fully saturated rings. The van der Waals surface area contributed by atoms with Crippen molar-refractivity contribution in [3.63, 3.8) is 0 Å². The second-order valence-corrected chi connectivity index (χ2v) is 8.68. The molecule has 0 unspecified atom stereocenters. The third kappa shape index (κ3) is 6.59. The molecular weight excluding hydrogens is 427 g/mol. The van der Waals surface area contributed by atoms with Crippen molar-refractivity contribution in [2.45, 2.75) is 6.42 Å². The molecule has 0 aromatic heterocycles. The molecule has 1 aliphatic rings. The third-order valence-corrected chi connectivity index (χ3v) is 4.34. The Morgan fingerprint density at radius 1 is 0.733 bits per heavy atom. The number of carbonyl (C=O) groups is 1. The van der Waals surface area contributed by atoms with E-state index in [1.54, 1.807) is 0 Å². The monoisotopic (exact) mass is 445 g/mol. The van der Waals surface area contributed by atoms with Gasteiger partial charge in [-0.05, 0) is 23.3 Å². The fourth-order valence-electron chi connectivity index (χ4n) is 3.21. The topological polar surface area (TPSA) is 20.3 Å². The zero-order valence-electron chi connectivity index (χ0n) is 16.5. The van der Waals surface area contributed by atoms with Crippen LogP contribution >= 0.6 is 7.81 Å². The van der Waals surface area contributed by atoms with Gasteiger partial charge in [0.1, 0.15) is 0 Å². The van der Waals surface area contributed by atoms with Gasteiger partial charge >= 0.3 is 34.4 Å². The number of hydrogen-bond acceptors (Lipinski definition) is 2. The molecule has 160 valence electrons. The average Bonchev–Trinajstić information content (AvgIpc) is 2.66. The van der Waals surface area contributed by atoms with Crippen LogP contribution in [0.15, 0.2) is 78.9 Å². The predicted molar refractivity (Wildman–Crippen MR) is 108 cm³/mol. The molecule has 3 aromatic rings. The van der Waals surface area contributed by atoms with Crippen LogP contribution in [0.2, 0.25) is 0 Å². The number of benzene rings is 3. The number of fused-ring (bicyclic) bond motifs is 2. The maximum atomic E-state index is 12.7. The summed E-state index contributed by atoms with van der Waals surface area (Å²) >= 11 is 0. The van der Waals surface area contributed by atoms with Crippen LogP contribution in [-0.2, 0) is 6.42 Å². The van der Waals surface area contributed by atoms with Gasteiger partial charge in [-0.1, -0.05) is 66.7 Å². The van der Waals surface area contributed by atoms with E-state index in [-0.39, 0.29) is 7.21 Å². The summed E-state index contributed by atoms with van der Waals surface area (Å²) in [5.74, 6) is 0.136. The average molecular weight is 445 g/mol. The van der Waals surface area contributed by atoms with Gasteiger partial charge in [-0.25, -0.2) is 0 Å². The number of nitrogens with zero attached hydrogens (tertiary/aromatic N) is 1. The predicted octanol–water partition coefficient (Wildman–Crippen LogP) is 8.11. The molecule has 0 saturated heterocycles. The normalized spacial score (nSPS) is 14.9. The van der Waals surface area contributed by atoms with Gasteiger partial charge in [0.15, 0.2) is 5.78 Å². The molecule has 0 amide bonds. The van der Waals surface area contributed by atoms with Gasteiger partial charge in [-0.2, -0.15) is 0 Å². The Bertz CT molecular complexity index is 1020. The molecule has 1 heterocycles. The van der Waals surface area contributed by atoms with Crippen molar-refractivity contribution < 1.29 is 31.4 Å². The van der Waals surface area contributed by atoms with Gasteiger partial charge in [0.25, 0.3) is 0 Å². The summed E-state index contributed by atoms with van der Waals surface area (Å²) in [6.07, 6.45) is 0.919. The van der Waals surface area contributed by atoms with E-state index in [1.165, 1.54) is 11.1 Å². The van der Waals surface area contributed by atoms with Crippen molar-refractivity contribution in [1.82, 2.24) is 0 Å².